The average molecular weight is 140 g/mol. The van der Waals surface area contributed by atoms with E-state index in [0.29, 0.717) is 0 Å². The quantitative estimate of drug-likeness (QED) is 0.525. The third kappa shape index (κ3) is 1.18. The lowest BCUT2D eigenvalue weighted by atomic mass is 10.1. The Morgan fingerprint density at radius 2 is 2.10 bits per heavy atom. The molecule has 0 radical (unpaired) electrons. The van der Waals surface area contributed by atoms with Crippen molar-refractivity contribution in [2.45, 2.75) is 25.3 Å². The number of fused-ring (bicyclic) bond motifs is 1. The number of hydrogen-bond acceptors (Lipinski definition) is 2. The molecule has 2 heterocycles. The maximum absolute atomic E-state index is 3.43. The molecular formula is C8H16N2. The lowest BCUT2D eigenvalue weighted by Gasteiger charge is -2.19. The summed E-state index contributed by atoms with van der Waals surface area (Å²) in [5.74, 6) is 0. The van der Waals surface area contributed by atoms with Gasteiger partial charge in [0.15, 0.2) is 0 Å². The zero-order valence-electron chi connectivity index (χ0n) is 6.47. The van der Waals surface area contributed by atoms with Crippen LogP contribution in [-0.2, 0) is 0 Å². The molecule has 2 saturated heterocycles. The normalized spacial score (nSPS) is 35.4. The van der Waals surface area contributed by atoms with Crippen molar-refractivity contribution in [3.8, 4) is 0 Å². The van der Waals surface area contributed by atoms with Gasteiger partial charge in [-0.1, -0.05) is 0 Å². The first-order chi connectivity index (χ1) is 4.97. The van der Waals surface area contributed by atoms with Crippen LogP contribution in [0.15, 0.2) is 0 Å². The predicted molar refractivity (Wildman–Crippen MR) is 42.1 cm³/mol. The van der Waals surface area contributed by atoms with Gasteiger partial charge in [0.2, 0.25) is 0 Å². The fourth-order valence-corrected chi connectivity index (χ4v) is 2.13. The SMILES string of the molecule is C1CC2CCNCCN2C1. The van der Waals surface area contributed by atoms with Crippen molar-refractivity contribution in [1.29, 1.82) is 0 Å². The highest BCUT2D eigenvalue weighted by atomic mass is 15.2. The number of nitrogens with zero attached hydrogens (tertiary/aromatic N) is 1. The predicted octanol–water partition coefficient (Wildman–Crippen LogP) is 0.444. The summed E-state index contributed by atoms with van der Waals surface area (Å²) in [7, 11) is 0. The van der Waals surface area contributed by atoms with Crippen LogP contribution in [0.3, 0.4) is 0 Å². The summed E-state index contributed by atoms with van der Waals surface area (Å²) in [4.78, 5) is 2.64. The van der Waals surface area contributed by atoms with Crippen molar-refractivity contribution >= 4 is 0 Å². The highest BCUT2D eigenvalue weighted by molar-refractivity contribution is 4.82. The van der Waals surface area contributed by atoms with Crippen LogP contribution in [0.1, 0.15) is 19.3 Å². The summed E-state index contributed by atoms with van der Waals surface area (Å²) in [6, 6.07) is 0.926. The first-order valence-electron chi connectivity index (χ1n) is 4.41. The first-order valence-corrected chi connectivity index (χ1v) is 4.41. The van der Waals surface area contributed by atoms with E-state index in [9.17, 15) is 0 Å². The van der Waals surface area contributed by atoms with Crippen molar-refractivity contribution in [2.75, 3.05) is 26.2 Å². The van der Waals surface area contributed by atoms with Crippen LogP contribution >= 0.6 is 0 Å². The Labute approximate surface area is 62.6 Å². The molecule has 2 fully saturated rings. The molecule has 2 aliphatic rings. The minimum absolute atomic E-state index is 0.926. The molecule has 10 heavy (non-hydrogen) atoms. The van der Waals surface area contributed by atoms with Crippen molar-refractivity contribution < 1.29 is 0 Å². The molecule has 1 unspecified atom stereocenters. The Morgan fingerprint density at radius 1 is 1.10 bits per heavy atom. The number of hydrogen-bond donors (Lipinski definition) is 1. The molecule has 2 nitrogen and oxygen atoms in total. The van der Waals surface area contributed by atoms with E-state index >= 15 is 0 Å². The molecular weight excluding hydrogens is 124 g/mol. The Hall–Kier alpha value is -0.0800. The van der Waals surface area contributed by atoms with Crippen LogP contribution in [0.5, 0.6) is 0 Å². The van der Waals surface area contributed by atoms with E-state index in [0.717, 1.165) is 6.04 Å². The lowest BCUT2D eigenvalue weighted by Crippen LogP contribution is -2.30. The summed E-state index contributed by atoms with van der Waals surface area (Å²) in [5, 5.41) is 3.43. The molecule has 0 aromatic heterocycles. The topological polar surface area (TPSA) is 15.3 Å². The Balaban J connectivity index is 1.95. The number of rotatable bonds is 0. The van der Waals surface area contributed by atoms with E-state index in [4.69, 9.17) is 0 Å². The second kappa shape index (κ2) is 2.89. The monoisotopic (exact) mass is 140 g/mol. The molecule has 1 N–H and O–H groups in total. The molecule has 0 aromatic carbocycles. The third-order valence-corrected chi connectivity index (χ3v) is 2.73. The molecule has 0 aromatic rings. The van der Waals surface area contributed by atoms with Gasteiger partial charge >= 0.3 is 0 Å². The van der Waals surface area contributed by atoms with Gasteiger partial charge in [0.1, 0.15) is 0 Å². The van der Waals surface area contributed by atoms with Crippen LogP contribution in [0.25, 0.3) is 0 Å². The molecule has 1 atom stereocenters. The second-order valence-electron chi connectivity index (χ2n) is 3.37. The van der Waals surface area contributed by atoms with Gasteiger partial charge in [0, 0.05) is 19.1 Å². The molecule has 2 aliphatic heterocycles. The highest BCUT2D eigenvalue weighted by Gasteiger charge is 2.24. The molecule has 0 spiro atoms. The van der Waals surface area contributed by atoms with Gasteiger partial charge in [-0.05, 0) is 32.4 Å². The summed E-state index contributed by atoms with van der Waals surface area (Å²) >= 11 is 0. The van der Waals surface area contributed by atoms with Crippen molar-refractivity contribution in [3.05, 3.63) is 0 Å². The molecule has 2 heteroatoms. The van der Waals surface area contributed by atoms with E-state index in [1.54, 1.807) is 0 Å². The van der Waals surface area contributed by atoms with Crippen LogP contribution in [0.2, 0.25) is 0 Å². The van der Waals surface area contributed by atoms with E-state index in [2.05, 4.69) is 10.2 Å². The van der Waals surface area contributed by atoms with Gasteiger partial charge in [-0.25, -0.2) is 0 Å². The first kappa shape index (κ1) is 6.62. The molecule has 0 saturated carbocycles. The van der Waals surface area contributed by atoms with Gasteiger partial charge in [-0.2, -0.15) is 0 Å². The number of nitrogens with one attached hydrogen (secondary N) is 1. The fourth-order valence-electron chi connectivity index (χ4n) is 2.13. The van der Waals surface area contributed by atoms with Crippen LogP contribution in [0, 0.1) is 0 Å². The Morgan fingerprint density at radius 3 is 3.10 bits per heavy atom. The van der Waals surface area contributed by atoms with Crippen molar-refractivity contribution in [1.82, 2.24) is 10.2 Å². The van der Waals surface area contributed by atoms with Gasteiger partial charge in [-0.15, -0.1) is 0 Å². The summed E-state index contributed by atoms with van der Waals surface area (Å²) in [5.41, 5.74) is 0. The van der Waals surface area contributed by atoms with Gasteiger partial charge < -0.3 is 5.32 Å². The van der Waals surface area contributed by atoms with Crippen LogP contribution in [0.4, 0.5) is 0 Å². The zero-order chi connectivity index (χ0) is 6.81. The Bertz CT molecular complexity index is 102. The Kier molecular flexibility index (Phi) is 1.91. The third-order valence-electron chi connectivity index (χ3n) is 2.73. The largest absolute Gasteiger partial charge is 0.315 e. The van der Waals surface area contributed by atoms with E-state index in [1.165, 1.54) is 45.4 Å². The standard InChI is InChI=1S/C8H16N2/c1-2-8-3-4-9-5-7-10(8)6-1/h8-9H,1-7H2. The molecule has 0 aliphatic carbocycles. The van der Waals surface area contributed by atoms with Crippen molar-refractivity contribution in [2.24, 2.45) is 0 Å². The molecule has 2 rings (SSSR count). The average Bonchev–Trinajstić information content (AvgIpc) is 2.28. The summed E-state index contributed by atoms with van der Waals surface area (Å²) in [6.07, 6.45) is 4.26. The smallest absolute Gasteiger partial charge is 0.0110 e. The maximum Gasteiger partial charge on any atom is 0.0110 e. The maximum atomic E-state index is 3.43. The second-order valence-corrected chi connectivity index (χ2v) is 3.37. The van der Waals surface area contributed by atoms with Crippen molar-refractivity contribution in [3.63, 3.8) is 0 Å². The lowest BCUT2D eigenvalue weighted by molar-refractivity contribution is 0.268. The van der Waals surface area contributed by atoms with E-state index < -0.39 is 0 Å². The summed E-state index contributed by atoms with van der Waals surface area (Å²) < 4.78 is 0. The van der Waals surface area contributed by atoms with E-state index in [1.807, 2.05) is 0 Å². The van der Waals surface area contributed by atoms with Crippen LogP contribution in [-0.4, -0.2) is 37.1 Å². The fraction of sp³-hybridized carbons (Fsp3) is 1.00. The zero-order valence-corrected chi connectivity index (χ0v) is 6.47. The van der Waals surface area contributed by atoms with Gasteiger partial charge in [-0.3, -0.25) is 4.90 Å². The summed E-state index contributed by atoms with van der Waals surface area (Å²) in [6.45, 7) is 5.08. The van der Waals surface area contributed by atoms with E-state index in [-0.39, 0.29) is 0 Å². The minimum atomic E-state index is 0.926. The molecule has 58 valence electrons. The molecule has 0 bridgehead atoms. The van der Waals surface area contributed by atoms with Gasteiger partial charge in [0.25, 0.3) is 0 Å². The van der Waals surface area contributed by atoms with Gasteiger partial charge in [0.05, 0.1) is 0 Å². The minimum Gasteiger partial charge on any atom is -0.315 e. The highest BCUT2D eigenvalue weighted by Crippen LogP contribution is 2.19. The van der Waals surface area contributed by atoms with Crippen LogP contribution < -0.4 is 5.32 Å². The molecule has 0 amide bonds.